The summed E-state index contributed by atoms with van der Waals surface area (Å²) in [5.41, 5.74) is 1.25. The highest BCUT2D eigenvalue weighted by Gasteiger charge is 2.32. The molecule has 0 spiro atoms. The van der Waals surface area contributed by atoms with Crippen molar-refractivity contribution in [1.82, 2.24) is 0 Å². The van der Waals surface area contributed by atoms with Gasteiger partial charge in [-0.3, -0.25) is 9.59 Å². The third kappa shape index (κ3) is 3.03. The van der Waals surface area contributed by atoms with E-state index in [2.05, 4.69) is 5.32 Å². The van der Waals surface area contributed by atoms with E-state index in [-0.39, 0.29) is 18.4 Å². The van der Waals surface area contributed by atoms with E-state index in [9.17, 15) is 9.59 Å². The quantitative estimate of drug-likeness (QED) is 0.895. The van der Waals surface area contributed by atoms with Crippen molar-refractivity contribution < 1.29 is 23.8 Å². The number of hydrogen-bond donors (Lipinski definition) is 1. The van der Waals surface area contributed by atoms with Gasteiger partial charge in [-0.05, 0) is 24.3 Å². The van der Waals surface area contributed by atoms with Crippen LogP contribution in [-0.4, -0.2) is 37.7 Å². The first-order valence-electron chi connectivity index (χ1n) is 8.36. The highest BCUT2D eigenvalue weighted by molar-refractivity contribution is 5.99. The Morgan fingerprint density at radius 2 is 1.81 bits per heavy atom. The summed E-state index contributed by atoms with van der Waals surface area (Å²) in [5.74, 6) is 1.28. The van der Waals surface area contributed by atoms with Crippen molar-refractivity contribution in [3.8, 4) is 17.2 Å². The molecule has 0 unspecified atom stereocenters. The molecule has 0 saturated carbocycles. The smallest absolute Gasteiger partial charge is 0.267 e. The molecular weight excluding hydrogens is 336 g/mol. The molecule has 2 heterocycles. The van der Waals surface area contributed by atoms with Crippen LogP contribution >= 0.6 is 0 Å². The minimum Gasteiger partial charge on any atom is -0.486 e. The number of para-hydroxylation sites is 2. The van der Waals surface area contributed by atoms with Crippen LogP contribution in [0.2, 0.25) is 0 Å². The number of fused-ring (bicyclic) bond motifs is 2. The van der Waals surface area contributed by atoms with Crippen LogP contribution in [0.1, 0.15) is 6.92 Å². The van der Waals surface area contributed by atoms with Gasteiger partial charge in [-0.25, -0.2) is 0 Å². The lowest BCUT2D eigenvalue weighted by molar-refractivity contribution is -0.123. The van der Waals surface area contributed by atoms with Crippen molar-refractivity contribution in [2.45, 2.75) is 13.0 Å². The standard InChI is InChI=1S/C19H18N2O5/c1-12(22)21-11-18(26-15-5-3-2-4-14(15)21)19(23)20-13-6-7-16-17(10-13)25-9-8-24-16/h2-7,10,18H,8-9,11H2,1H3,(H,20,23)/t18-/m1/s1. The summed E-state index contributed by atoms with van der Waals surface area (Å²) in [4.78, 5) is 26.2. The first-order valence-corrected chi connectivity index (χ1v) is 8.36. The van der Waals surface area contributed by atoms with Crippen molar-refractivity contribution >= 4 is 23.2 Å². The van der Waals surface area contributed by atoms with Crippen molar-refractivity contribution in [2.24, 2.45) is 0 Å². The summed E-state index contributed by atoms with van der Waals surface area (Å²) in [6, 6.07) is 12.4. The average molecular weight is 354 g/mol. The molecule has 0 aromatic heterocycles. The van der Waals surface area contributed by atoms with Crippen molar-refractivity contribution in [3.63, 3.8) is 0 Å². The SMILES string of the molecule is CC(=O)N1C[C@H](C(=O)Nc2ccc3c(c2)OCCO3)Oc2ccccc21. The first-order chi connectivity index (χ1) is 12.6. The lowest BCUT2D eigenvalue weighted by atomic mass is 10.1. The van der Waals surface area contributed by atoms with E-state index in [0.717, 1.165) is 0 Å². The lowest BCUT2D eigenvalue weighted by Crippen LogP contribution is -2.48. The van der Waals surface area contributed by atoms with Gasteiger partial charge in [0.25, 0.3) is 5.91 Å². The fourth-order valence-corrected chi connectivity index (χ4v) is 3.01. The summed E-state index contributed by atoms with van der Waals surface area (Å²) >= 11 is 0. The Morgan fingerprint density at radius 1 is 1.04 bits per heavy atom. The Balaban J connectivity index is 1.53. The zero-order valence-electron chi connectivity index (χ0n) is 14.2. The predicted octanol–water partition coefficient (Wildman–Crippen LogP) is 2.21. The lowest BCUT2D eigenvalue weighted by Gasteiger charge is -2.33. The van der Waals surface area contributed by atoms with Crippen LogP contribution in [0.25, 0.3) is 0 Å². The number of nitrogens with zero attached hydrogens (tertiary/aromatic N) is 1. The molecule has 2 aliphatic rings. The number of carbonyl (C=O) groups excluding carboxylic acids is 2. The largest absolute Gasteiger partial charge is 0.486 e. The normalized spacial score (nSPS) is 17.7. The topological polar surface area (TPSA) is 77.1 Å². The monoisotopic (exact) mass is 354 g/mol. The Kier molecular flexibility index (Phi) is 4.12. The molecule has 7 nitrogen and oxygen atoms in total. The van der Waals surface area contributed by atoms with Gasteiger partial charge >= 0.3 is 0 Å². The van der Waals surface area contributed by atoms with Crippen LogP contribution in [-0.2, 0) is 9.59 Å². The van der Waals surface area contributed by atoms with Crippen molar-refractivity contribution in [1.29, 1.82) is 0 Å². The predicted molar refractivity (Wildman–Crippen MR) is 94.9 cm³/mol. The highest BCUT2D eigenvalue weighted by Crippen LogP contribution is 2.35. The van der Waals surface area contributed by atoms with Gasteiger partial charge in [0.1, 0.15) is 19.0 Å². The van der Waals surface area contributed by atoms with E-state index in [1.54, 1.807) is 41.3 Å². The van der Waals surface area contributed by atoms with Crippen LogP contribution in [0.4, 0.5) is 11.4 Å². The number of anilines is 2. The molecular formula is C19H18N2O5. The third-order valence-corrected chi connectivity index (χ3v) is 4.26. The summed E-state index contributed by atoms with van der Waals surface area (Å²) in [6.45, 7) is 2.61. The fourth-order valence-electron chi connectivity index (χ4n) is 3.01. The number of rotatable bonds is 2. The third-order valence-electron chi connectivity index (χ3n) is 4.26. The second-order valence-electron chi connectivity index (χ2n) is 6.05. The number of nitrogens with one attached hydrogen (secondary N) is 1. The van der Waals surface area contributed by atoms with Gasteiger partial charge in [-0.15, -0.1) is 0 Å². The maximum atomic E-state index is 12.7. The molecule has 0 aliphatic carbocycles. The maximum absolute atomic E-state index is 12.7. The minimum atomic E-state index is -0.804. The van der Waals surface area contributed by atoms with Crippen LogP contribution in [0.15, 0.2) is 42.5 Å². The maximum Gasteiger partial charge on any atom is 0.267 e. The van der Waals surface area contributed by atoms with Gasteiger partial charge in [0.2, 0.25) is 5.91 Å². The Morgan fingerprint density at radius 3 is 2.62 bits per heavy atom. The molecule has 1 atom stereocenters. The van der Waals surface area contributed by atoms with Gasteiger partial charge in [-0.1, -0.05) is 12.1 Å². The minimum absolute atomic E-state index is 0.141. The average Bonchev–Trinajstić information content (AvgIpc) is 2.66. The molecule has 0 bridgehead atoms. The number of hydrogen-bond acceptors (Lipinski definition) is 5. The van der Waals surface area contributed by atoms with E-state index in [0.29, 0.717) is 41.8 Å². The molecule has 134 valence electrons. The Bertz CT molecular complexity index is 867. The Hall–Kier alpha value is -3.22. The Labute approximate surface area is 150 Å². The van der Waals surface area contributed by atoms with E-state index in [1.807, 2.05) is 6.07 Å². The molecule has 0 saturated heterocycles. The van der Waals surface area contributed by atoms with E-state index in [4.69, 9.17) is 14.2 Å². The molecule has 2 aliphatic heterocycles. The molecule has 1 N–H and O–H groups in total. The van der Waals surface area contributed by atoms with Crippen LogP contribution in [0.5, 0.6) is 17.2 Å². The molecule has 2 aromatic carbocycles. The van der Waals surface area contributed by atoms with Gasteiger partial charge < -0.3 is 24.4 Å². The fraction of sp³-hybridized carbons (Fsp3) is 0.263. The zero-order chi connectivity index (χ0) is 18.1. The summed E-state index contributed by atoms with van der Waals surface area (Å²) in [7, 11) is 0. The van der Waals surface area contributed by atoms with Gasteiger partial charge in [0.15, 0.2) is 17.6 Å². The first kappa shape index (κ1) is 16.3. The number of benzene rings is 2. The van der Waals surface area contributed by atoms with E-state index >= 15 is 0 Å². The number of amides is 2. The second-order valence-corrected chi connectivity index (χ2v) is 6.05. The van der Waals surface area contributed by atoms with Crippen LogP contribution < -0.4 is 24.4 Å². The molecule has 0 radical (unpaired) electrons. The zero-order valence-corrected chi connectivity index (χ0v) is 14.2. The van der Waals surface area contributed by atoms with E-state index < -0.39 is 6.10 Å². The molecule has 4 rings (SSSR count). The number of carbonyl (C=O) groups is 2. The van der Waals surface area contributed by atoms with Gasteiger partial charge in [0, 0.05) is 18.7 Å². The molecule has 26 heavy (non-hydrogen) atoms. The van der Waals surface area contributed by atoms with Crippen molar-refractivity contribution in [2.75, 3.05) is 30.0 Å². The van der Waals surface area contributed by atoms with Gasteiger partial charge in [0.05, 0.1) is 12.2 Å². The van der Waals surface area contributed by atoms with E-state index in [1.165, 1.54) is 6.92 Å². The summed E-state index contributed by atoms with van der Waals surface area (Å²) in [5, 5.41) is 2.81. The molecule has 0 fully saturated rings. The summed E-state index contributed by atoms with van der Waals surface area (Å²) in [6.07, 6.45) is -0.804. The molecule has 2 amide bonds. The molecule has 7 heteroatoms. The number of ether oxygens (including phenoxy) is 3. The van der Waals surface area contributed by atoms with Gasteiger partial charge in [-0.2, -0.15) is 0 Å². The van der Waals surface area contributed by atoms with Crippen molar-refractivity contribution in [3.05, 3.63) is 42.5 Å². The highest BCUT2D eigenvalue weighted by atomic mass is 16.6. The molecule has 2 aromatic rings. The second kappa shape index (κ2) is 6.59. The van der Waals surface area contributed by atoms with Crippen LogP contribution in [0.3, 0.4) is 0 Å². The van der Waals surface area contributed by atoms with Crippen LogP contribution in [0, 0.1) is 0 Å². The summed E-state index contributed by atoms with van der Waals surface area (Å²) < 4.78 is 16.8.